The number of pyridine rings is 1. The van der Waals surface area contributed by atoms with Crippen LogP contribution in [0.25, 0.3) is 0 Å². The lowest BCUT2D eigenvalue weighted by Crippen LogP contribution is -2.21. The fourth-order valence-electron chi connectivity index (χ4n) is 2.57. The molecular weight excluding hydrogens is 198 g/mol. The Labute approximate surface area is 97.5 Å². The predicted octanol–water partition coefficient (Wildman–Crippen LogP) is 2.90. The molecule has 0 aromatic carbocycles. The molecule has 0 bridgehead atoms. The minimum absolute atomic E-state index is 0.585. The van der Waals surface area contributed by atoms with Crippen LogP contribution in [0.5, 0.6) is 0 Å². The van der Waals surface area contributed by atoms with Crippen molar-refractivity contribution >= 4 is 11.5 Å². The Morgan fingerprint density at radius 1 is 1.50 bits per heavy atom. The Kier molecular flexibility index (Phi) is 3.65. The maximum absolute atomic E-state index is 5.64. The van der Waals surface area contributed by atoms with E-state index in [1.54, 1.807) is 6.20 Å². The number of hydrogen-bond donors (Lipinski definition) is 2. The summed E-state index contributed by atoms with van der Waals surface area (Å²) < 4.78 is 0. The van der Waals surface area contributed by atoms with E-state index in [9.17, 15) is 0 Å². The van der Waals surface area contributed by atoms with Gasteiger partial charge in [0.1, 0.15) is 5.82 Å². The Balaban J connectivity index is 1.82. The third-order valence-electron chi connectivity index (χ3n) is 3.42. The van der Waals surface area contributed by atoms with Gasteiger partial charge in [0.2, 0.25) is 0 Å². The monoisotopic (exact) mass is 219 g/mol. The summed E-state index contributed by atoms with van der Waals surface area (Å²) in [7, 11) is 0. The van der Waals surface area contributed by atoms with E-state index in [4.69, 9.17) is 5.73 Å². The van der Waals surface area contributed by atoms with Gasteiger partial charge in [-0.1, -0.05) is 19.8 Å². The SMILES string of the molecule is CC1CCCC(CNc2ccnc(N)c2)C1. The Morgan fingerprint density at radius 2 is 2.38 bits per heavy atom. The second-order valence-electron chi connectivity index (χ2n) is 4.99. The highest BCUT2D eigenvalue weighted by Crippen LogP contribution is 2.28. The van der Waals surface area contributed by atoms with Crippen LogP contribution in [0.1, 0.15) is 32.6 Å². The number of nitrogens with two attached hydrogens (primary N) is 1. The van der Waals surface area contributed by atoms with Crippen LogP contribution in [0.15, 0.2) is 18.3 Å². The third kappa shape index (κ3) is 3.12. The topological polar surface area (TPSA) is 50.9 Å². The number of hydrogen-bond acceptors (Lipinski definition) is 3. The van der Waals surface area contributed by atoms with Gasteiger partial charge in [-0.05, 0) is 30.7 Å². The Bertz CT molecular complexity index is 338. The molecule has 1 aromatic heterocycles. The van der Waals surface area contributed by atoms with E-state index >= 15 is 0 Å². The van der Waals surface area contributed by atoms with Crippen LogP contribution in [-0.2, 0) is 0 Å². The van der Waals surface area contributed by atoms with Gasteiger partial charge in [0, 0.05) is 24.5 Å². The molecule has 1 fully saturated rings. The smallest absolute Gasteiger partial charge is 0.125 e. The highest BCUT2D eigenvalue weighted by atomic mass is 14.9. The van der Waals surface area contributed by atoms with Gasteiger partial charge in [0.05, 0.1) is 0 Å². The van der Waals surface area contributed by atoms with Crippen molar-refractivity contribution in [2.75, 3.05) is 17.6 Å². The normalized spacial score (nSPS) is 25.3. The lowest BCUT2D eigenvalue weighted by molar-refractivity contribution is 0.293. The molecule has 0 saturated heterocycles. The molecule has 2 atom stereocenters. The van der Waals surface area contributed by atoms with Crippen molar-refractivity contribution in [3.05, 3.63) is 18.3 Å². The zero-order valence-electron chi connectivity index (χ0n) is 9.95. The number of nitrogen functional groups attached to an aromatic ring is 1. The predicted molar refractivity (Wildman–Crippen MR) is 68.3 cm³/mol. The van der Waals surface area contributed by atoms with Crippen molar-refractivity contribution in [1.82, 2.24) is 4.98 Å². The molecule has 3 heteroatoms. The molecule has 2 rings (SSSR count). The quantitative estimate of drug-likeness (QED) is 0.821. The van der Waals surface area contributed by atoms with Crippen LogP contribution in [-0.4, -0.2) is 11.5 Å². The average Bonchev–Trinajstić information content (AvgIpc) is 2.27. The summed E-state index contributed by atoms with van der Waals surface area (Å²) in [5, 5.41) is 3.46. The number of nitrogens with zero attached hydrogens (tertiary/aromatic N) is 1. The van der Waals surface area contributed by atoms with E-state index in [1.807, 2.05) is 12.1 Å². The maximum atomic E-state index is 5.64. The molecule has 0 spiro atoms. The molecule has 16 heavy (non-hydrogen) atoms. The number of anilines is 2. The Hall–Kier alpha value is -1.25. The molecular formula is C13H21N3. The van der Waals surface area contributed by atoms with E-state index in [1.165, 1.54) is 25.7 Å². The van der Waals surface area contributed by atoms with Crippen LogP contribution in [0.3, 0.4) is 0 Å². The first-order valence-electron chi connectivity index (χ1n) is 6.19. The number of aromatic nitrogens is 1. The maximum Gasteiger partial charge on any atom is 0.125 e. The molecule has 0 radical (unpaired) electrons. The van der Waals surface area contributed by atoms with Crippen molar-refractivity contribution in [2.45, 2.75) is 32.6 Å². The van der Waals surface area contributed by atoms with E-state index in [-0.39, 0.29) is 0 Å². The summed E-state index contributed by atoms with van der Waals surface area (Å²) in [5.41, 5.74) is 6.73. The van der Waals surface area contributed by atoms with E-state index < -0.39 is 0 Å². The number of rotatable bonds is 3. The molecule has 1 aliphatic carbocycles. The average molecular weight is 219 g/mol. The molecule has 3 nitrogen and oxygen atoms in total. The summed E-state index contributed by atoms with van der Waals surface area (Å²) >= 11 is 0. The molecule has 88 valence electrons. The van der Waals surface area contributed by atoms with E-state index in [2.05, 4.69) is 17.2 Å². The van der Waals surface area contributed by atoms with Crippen LogP contribution in [0.4, 0.5) is 11.5 Å². The third-order valence-corrected chi connectivity index (χ3v) is 3.42. The summed E-state index contributed by atoms with van der Waals surface area (Å²) in [6.45, 7) is 3.42. The van der Waals surface area contributed by atoms with Crippen molar-refractivity contribution in [2.24, 2.45) is 11.8 Å². The van der Waals surface area contributed by atoms with Gasteiger partial charge in [0.15, 0.2) is 0 Å². The van der Waals surface area contributed by atoms with Gasteiger partial charge in [-0.25, -0.2) is 4.98 Å². The molecule has 2 unspecified atom stereocenters. The minimum Gasteiger partial charge on any atom is -0.385 e. The van der Waals surface area contributed by atoms with Crippen molar-refractivity contribution in [3.8, 4) is 0 Å². The van der Waals surface area contributed by atoms with Gasteiger partial charge >= 0.3 is 0 Å². The fraction of sp³-hybridized carbons (Fsp3) is 0.615. The molecule has 0 aliphatic heterocycles. The number of nitrogens with one attached hydrogen (secondary N) is 1. The van der Waals surface area contributed by atoms with Gasteiger partial charge in [-0.2, -0.15) is 0 Å². The molecule has 0 amide bonds. The first kappa shape index (κ1) is 11.2. The summed E-state index contributed by atoms with van der Waals surface area (Å²) in [5.74, 6) is 2.29. The molecule has 1 aliphatic rings. The van der Waals surface area contributed by atoms with Gasteiger partial charge in [0.25, 0.3) is 0 Å². The van der Waals surface area contributed by atoms with Gasteiger partial charge in [-0.3, -0.25) is 0 Å². The van der Waals surface area contributed by atoms with Crippen LogP contribution < -0.4 is 11.1 Å². The van der Waals surface area contributed by atoms with Crippen molar-refractivity contribution < 1.29 is 0 Å². The second-order valence-corrected chi connectivity index (χ2v) is 4.99. The molecule has 1 saturated carbocycles. The zero-order chi connectivity index (χ0) is 11.4. The second kappa shape index (κ2) is 5.19. The Morgan fingerprint density at radius 3 is 3.12 bits per heavy atom. The van der Waals surface area contributed by atoms with Crippen LogP contribution in [0, 0.1) is 11.8 Å². The van der Waals surface area contributed by atoms with Gasteiger partial charge < -0.3 is 11.1 Å². The lowest BCUT2D eigenvalue weighted by atomic mass is 9.82. The summed E-state index contributed by atoms with van der Waals surface area (Å²) in [6.07, 6.45) is 7.25. The fourth-order valence-corrected chi connectivity index (χ4v) is 2.57. The largest absolute Gasteiger partial charge is 0.385 e. The zero-order valence-corrected chi connectivity index (χ0v) is 9.95. The molecule has 3 N–H and O–H groups in total. The van der Waals surface area contributed by atoms with Crippen LogP contribution >= 0.6 is 0 Å². The van der Waals surface area contributed by atoms with E-state index in [0.29, 0.717) is 5.82 Å². The highest BCUT2D eigenvalue weighted by Gasteiger charge is 2.18. The standard InChI is InChI=1S/C13H21N3/c1-10-3-2-4-11(7-10)9-16-12-5-6-15-13(14)8-12/h5-6,8,10-11H,2-4,7,9H2,1H3,(H3,14,15,16). The first-order chi connectivity index (χ1) is 7.74. The van der Waals surface area contributed by atoms with E-state index in [0.717, 1.165) is 24.1 Å². The summed E-state index contributed by atoms with van der Waals surface area (Å²) in [4.78, 5) is 3.98. The highest BCUT2D eigenvalue weighted by molar-refractivity contribution is 5.49. The van der Waals surface area contributed by atoms with Crippen LogP contribution in [0.2, 0.25) is 0 Å². The van der Waals surface area contributed by atoms with Gasteiger partial charge in [-0.15, -0.1) is 0 Å². The summed E-state index contributed by atoms with van der Waals surface area (Å²) in [6, 6.07) is 3.87. The van der Waals surface area contributed by atoms with Crippen molar-refractivity contribution in [1.29, 1.82) is 0 Å². The van der Waals surface area contributed by atoms with Crippen molar-refractivity contribution in [3.63, 3.8) is 0 Å². The first-order valence-corrected chi connectivity index (χ1v) is 6.19. The minimum atomic E-state index is 0.585. The lowest BCUT2D eigenvalue weighted by Gasteiger charge is -2.27. The molecule has 1 heterocycles. The molecule has 1 aromatic rings.